The molecule has 0 radical (unpaired) electrons. The molecule has 6 heteroatoms. The molecule has 0 spiro atoms. The minimum Gasteiger partial charge on any atom is -0.342 e. The van der Waals surface area contributed by atoms with Gasteiger partial charge in [0.05, 0.1) is 6.04 Å². The number of likely N-dealkylation sites (N-methyl/N-ethyl adjacent to an activating group) is 1. The smallest absolute Gasteiger partial charge is 0.239 e. The number of benzene rings is 1. The maximum Gasteiger partial charge on any atom is 0.239 e. The number of nitrogens with one attached hydrogen (secondary N) is 1. The standard InChI is InChI=1S/C14H19F3N2O/c1-4-19(5-2)14(20)9(3)18-8-10-6-12(16)13(17)7-11(10)15/h6-7,9,18H,4-5,8H2,1-3H3. The van der Waals surface area contributed by atoms with Gasteiger partial charge in [-0.25, -0.2) is 13.2 Å². The lowest BCUT2D eigenvalue weighted by molar-refractivity contribution is -0.132. The summed E-state index contributed by atoms with van der Waals surface area (Å²) in [6.45, 7) is 6.50. The second-order valence-corrected chi connectivity index (χ2v) is 4.47. The first-order chi connectivity index (χ1) is 9.40. The molecule has 1 unspecified atom stereocenters. The van der Waals surface area contributed by atoms with Gasteiger partial charge in [-0.15, -0.1) is 0 Å². The third-order valence-electron chi connectivity index (χ3n) is 3.13. The van der Waals surface area contributed by atoms with Gasteiger partial charge < -0.3 is 10.2 Å². The van der Waals surface area contributed by atoms with E-state index < -0.39 is 23.5 Å². The van der Waals surface area contributed by atoms with Crippen LogP contribution in [0, 0.1) is 17.5 Å². The molecule has 0 aliphatic carbocycles. The second-order valence-electron chi connectivity index (χ2n) is 4.47. The van der Waals surface area contributed by atoms with Gasteiger partial charge in [-0.2, -0.15) is 0 Å². The van der Waals surface area contributed by atoms with E-state index in [1.807, 2.05) is 13.8 Å². The molecule has 112 valence electrons. The number of nitrogens with zero attached hydrogens (tertiary/aromatic N) is 1. The van der Waals surface area contributed by atoms with E-state index in [9.17, 15) is 18.0 Å². The number of hydrogen-bond acceptors (Lipinski definition) is 2. The Hall–Kier alpha value is -1.56. The van der Waals surface area contributed by atoms with Crippen molar-refractivity contribution in [2.24, 2.45) is 0 Å². The van der Waals surface area contributed by atoms with E-state index >= 15 is 0 Å². The summed E-state index contributed by atoms with van der Waals surface area (Å²) in [6.07, 6.45) is 0. The van der Waals surface area contributed by atoms with E-state index in [4.69, 9.17) is 0 Å². The molecule has 0 fully saturated rings. The van der Waals surface area contributed by atoms with Crippen molar-refractivity contribution in [3.05, 3.63) is 35.1 Å². The van der Waals surface area contributed by atoms with Crippen LogP contribution in [-0.2, 0) is 11.3 Å². The monoisotopic (exact) mass is 288 g/mol. The lowest BCUT2D eigenvalue weighted by atomic mass is 10.2. The van der Waals surface area contributed by atoms with E-state index in [0.717, 1.165) is 6.07 Å². The Kier molecular flexibility index (Phi) is 6.01. The zero-order chi connectivity index (χ0) is 15.3. The van der Waals surface area contributed by atoms with Crippen LogP contribution in [0.3, 0.4) is 0 Å². The molecule has 1 amide bonds. The minimum atomic E-state index is -1.22. The maximum atomic E-state index is 13.4. The van der Waals surface area contributed by atoms with E-state index in [-0.39, 0.29) is 18.0 Å². The predicted octanol–water partition coefficient (Wildman–Crippen LogP) is 2.45. The Morgan fingerprint density at radius 3 is 2.25 bits per heavy atom. The first-order valence-electron chi connectivity index (χ1n) is 6.56. The van der Waals surface area contributed by atoms with Crippen LogP contribution >= 0.6 is 0 Å². The fraction of sp³-hybridized carbons (Fsp3) is 0.500. The highest BCUT2D eigenvalue weighted by molar-refractivity contribution is 5.81. The van der Waals surface area contributed by atoms with E-state index in [1.54, 1.807) is 11.8 Å². The SMILES string of the molecule is CCN(CC)C(=O)C(C)NCc1cc(F)c(F)cc1F. The molecule has 1 N–H and O–H groups in total. The third-order valence-corrected chi connectivity index (χ3v) is 3.13. The summed E-state index contributed by atoms with van der Waals surface area (Å²) >= 11 is 0. The van der Waals surface area contributed by atoms with Crippen molar-refractivity contribution in [1.82, 2.24) is 10.2 Å². The lowest BCUT2D eigenvalue weighted by Gasteiger charge is -2.23. The molecule has 0 aliphatic rings. The summed E-state index contributed by atoms with van der Waals surface area (Å²) in [5.74, 6) is -3.28. The zero-order valence-electron chi connectivity index (χ0n) is 11.8. The summed E-state index contributed by atoms with van der Waals surface area (Å²) in [4.78, 5) is 13.6. The van der Waals surface area contributed by atoms with Crippen molar-refractivity contribution in [2.75, 3.05) is 13.1 Å². The molecule has 1 aromatic carbocycles. The average Bonchev–Trinajstić information content (AvgIpc) is 2.42. The van der Waals surface area contributed by atoms with Crippen molar-refractivity contribution in [3.63, 3.8) is 0 Å². The van der Waals surface area contributed by atoms with Crippen LogP contribution < -0.4 is 5.32 Å². The molecule has 0 aromatic heterocycles. The van der Waals surface area contributed by atoms with E-state index in [0.29, 0.717) is 19.2 Å². The quantitative estimate of drug-likeness (QED) is 0.816. The molecule has 0 saturated carbocycles. The van der Waals surface area contributed by atoms with Gasteiger partial charge in [0.2, 0.25) is 5.91 Å². The first-order valence-corrected chi connectivity index (χ1v) is 6.56. The fourth-order valence-corrected chi connectivity index (χ4v) is 1.86. The van der Waals surface area contributed by atoms with Crippen LogP contribution in [0.4, 0.5) is 13.2 Å². The van der Waals surface area contributed by atoms with Crippen LogP contribution in [0.15, 0.2) is 12.1 Å². The summed E-state index contributed by atoms with van der Waals surface area (Å²) in [5, 5.41) is 2.81. The maximum absolute atomic E-state index is 13.4. The van der Waals surface area contributed by atoms with Crippen LogP contribution in [0.1, 0.15) is 26.3 Å². The van der Waals surface area contributed by atoms with E-state index in [1.165, 1.54) is 0 Å². The second kappa shape index (κ2) is 7.28. The highest BCUT2D eigenvalue weighted by atomic mass is 19.2. The molecular formula is C14H19F3N2O. The number of hydrogen-bond donors (Lipinski definition) is 1. The van der Waals surface area contributed by atoms with Crippen LogP contribution in [0.2, 0.25) is 0 Å². The van der Waals surface area contributed by atoms with Crippen molar-refractivity contribution in [2.45, 2.75) is 33.4 Å². The zero-order valence-corrected chi connectivity index (χ0v) is 11.8. The number of halogens is 3. The molecule has 0 heterocycles. The number of carbonyl (C=O) groups excluding carboxylic acids is 1. The molecule has 20 heavy (non-hydrogen) atoms. The van der Waals surface area contributed by atoms with Crippen molar-refractivity contribution in [1.29, 1.82) is 0 Å². The lowest BCUT2D eigenvalue weighted by Crippen LogP contribution is -2.44. The Labute approximate surface area is 116 Å². The predicted molar refractivity (Wildman–Crippen MR) is 70.5 cm³/mol. The summed E-state index contributed by atoms with van der Waals surface area (Å²) in [7, 11) is 0. The molecule has 1 aromatic rings. The minimum absolute atomic E-state index is 0.0110. The number of rotatable bonds is 6. The van der Waals surface area contributed by atoms with Crippen molar-refractivity contribution >= 4 is 5.91 Å². The van der Waals surface area contributed by atoms with E-state index in [2.05, 4.69) is 5.32 Å². The molecule has 1 rings (SSSR count). The largest absolute Gasteiger partial charge is 0.342 e. The van der Waals surface area contributed by atoms with Crippen molar-refractivity contribution in [3.8, 4) is 0 Å². The first kappa shape index (κ1) is 16.5. The van der Waals surface area contributed by atoms with Gasteiger partial charge in [0.15, 0.2) is 11.6 Å². The molecule has 3 nitrogen and oxygen atoms in total. The van der Waals surface area contributed by atoms with Crippen molar-refractivity contribution < 1.29 is 18.0 Å². The van der Waals surface area contributed by atoms with Gasteiger partial charge in [-0.1, -0.05) is 0 Å². The normalized spacial score (nSPS) is 12.3. The number of amides is 1. The Bertz CT molecular complexity index is 476. The topological polar surface area (TPSA) is 32.3 Å². The molecule has 0 saturated heterocycles. The van der Waals surface area contributed by atoms with Gasteiger partial charge in [-0.05, 0) is 26.8 Å². The van der Waals surface area contributed by atoms with Gasteiger partial charge in [0.25, 0.3) is 0 Å². The van der Waals surface area contributed by atoms with Gasteiger partial charge in [0, 0.05) is 31.3 Å². The highest BCUT2D eigenvalue weighted by Crippen LogP contribution is 2.13. The average molecular weight is 288 g/mol. The summed E-state index contributed by atoms with van der Waals surface area (Å²) < 4.78 is 39.3. The molecule has 0 bridgehead atoms. The molecule has 1 atom stereocenters. The summed E-state index contributed by atoms with van der Waals surface area (Å²) in [6, 6.07) is 0.776. The molecular weight excluding hydrogens is 269 g/mol. The Balaban J connectivity index is 2.67. The Morgan fingerprint density at radius 1 is 1.15 bits per heavy atom. The van der Waals surface area contributed by atoms with Crippen LogP contribution in [0.5, 0.6) is 0 Å². The Morgan fingerprint density at radius 2 is 1.70 bits per heavy atom. The highest BCUT2D eigenvalue weighted by Gasteiger charge is 2.18. The number of carbonyl (C=O) groups is 1. The van der Waals surface area contributed by atoms with Gasteiger partial charge >= 0.3 is 0 Å². The van der Waals surface area contributed by atoms with Gasteiger partial charge in [0.1, 0.15) is 5.82 Å². The summed E-state index contributed by atoms with van der Waals surface area (Å²) in [5.41, 5.74) is -0.0110. The fourth-order valence-electron chi connectivity index (χ4n) is 1.86. The third kappa shape index (κ3) is 3.96. The van der Waals surface area contributed by atoms with Crippen LogP contribution in [-0.4, -0.2) is 29.9 Å². The molecule has 0 aliphatic heterocycles. The van der Waals surface area contributed by atoms with Gasteiger partial charge in [-0.3, -0.25) is 4.79 Å². The van der Waals surface area contributed by atoms with Crippen LogP contribution in [0.25, 0.3) is 0 Å².